The van der Waals surface area contributed by atoms with E-state index < -0.39 is 0 Å². The monoisotopic (exact) mass is 377 g/mol. The second-order valence-electron chi connectivity index (χ2n) is 5.98. The van der Waals surface area contributed by atoms with E-state index in [-0.39, 0.29) is 36.6 Å². The second-order valence-corrected chi connectivity index (χ2v) is 5.98. The van der Waals surface area contributed by atoms with Crippen LogP contribution in [0.4, 0.5) is 5.69 Å². The number of hydrogen-bond acceptors (Lipinski definition) is 4. The van der Waals surface area contributed by atoms with Crippen LogP contribution in [0, 0.1) is 11.8 Å². The fraction of sp³-hybridized carbons (Fsp3) is 0.588. The van der Waals surface area contributed by atoms with Crippen LogP contribution >= 0.6 is 24.8 Å². The standard InChI is InChI=1S/C17H27N3O2.2ClH/c1-13(10-18-2)17(21)19-11-14-8-9-20(12-14)15-6-4-5-7-16(15)22-3;;/h4-7,13-14,18H,8-12H2,1-3H3,(H,19,21);2*1H. The maximum atomic E-state index is 12.0. The number of anilines is 1. The Bertz CT molecular complexity index is 502. The Morgan fingerprint density at radius 2 is 2.08 bits per heavy atom. The fourth-order valence-electron chi connectivity index (χ4n) is 2.93. The number of nitrogens with zero attached hydrogens (tertiary/aromatic N) is 1. The molecule has 0 saturated carbocycles. The maximum absolute atomic E-state index is 12.0. The highest BCUT2D eigenvalue weighted by molar-refractivity contribution is 5.85. The third-order valence-electron chi connectivity index (χ3n) is 4.23. The molecule has 0 aromatic heterocycles. The maximum Gasteiger partial charge on any atom is 0.224 e. The van der Waals surface area contributed by atoms with E-state index in [9.17, 15) is 4.79 Å². The minimum atomic E-state index is 0. The van der Waals surface area contributed by atoms with Gasteiger partial charge in [0.25, 0.3) is 0 Å². The molecular formula is C17H29Cl2N3O2. The van der Waals surface area contributed by atoms with Gasteiger partial charge in [0.05, 0.1) is 12.8 Å². The lowest BCUT2D eigenvalue weighted by molar-refractivity contribution is -0.124. The van der Waals surface area contributed by atoms with Crippen molar-refractivity contribution < 1.29 is 9.53 Å². The van der Waals surface area contributed by atoms with E-state index in [1.807, 2.05) is 32.2 Å². The summed E-state index contributed by atoms with van der Waals surface area (Å²) in [5, 5.41) is 6.11. The van der Waals surface area contributed by atoms with Crippen molar-refractivity contribution in [2.75, 3.05) is 45.2 Å². The summed E-state index contributed by atoms with van der Waals surface area (Å²) in [7, 11) is 3.57. The van der Waals surface area contributed by atoms with Crippen LogP contribution in [0.3, 0.4) is 0 Å². The predicted octanol–water partition coefficient (Wildman–Crippen LogP) is 2.34. The number of amides is 1. The van der Waals surface area contributed by atoms with Crippen molar-refractivity contribution in [1.29, 1.82) is 0 Å². The molecule has 7 heteroatoms. The molecule has 1 heterocycles. The second kappa shape index (κ2) is 11.4. The molecule has 1 aliphatic heterocycles. The van der Waals surface area contributed by atoms with Crippen LogP contribution in [0.5, 0.6) is 5.75 Å². The van der Waals surface area contributed by atoms with Gasteiger partial charge in [-0.3, -0.25) is 4.79 Å². The van der Waals surface area contributed by atoms with Crippen molar-refractivity contribution in [3.05, 3.63) is 24.3 Å². The van der Waals surface area contributed by atoms with Crippen LogP contribution in [-0.2, 0) is 4.79 Å². The number of carbonyl (C=O) groups excluding carboxylic acids is 1. The van der Waals surface area contributed by atoms with Gasteiger partial charge in [-0.25, -0.2) is 0 Å². The van der Waals surface area contributed by atoms with Crippen LogP contribution in [0.25, 0.3) is 0 Å². The lowest BCUT2D eigenvalue weighted by Crippen LogP contribution is -2.37. The summed E-state index contributed by atoms with van der Waals surface area (Å²) < 4.78 is 5.43. The Balaban J connectivity index is 0.00000264. The van der Waals surface area contributed by atoms with E-state index in [0.29, 0.717) is 12.5 Å². The van der Waals surface area contributed by atoms with Crippen molar-refractivity contribution in [3.63, 3.8) is 0 Å². The normalized spacial score (nSPS) is 17.5. The number of rotatable bonds is 7. The first-order valence-corrected chi connectivity index (χ1v) is 7.96. The van der Waals surface area contributed by atoms with Gasteiger partial charge in [0.1, 0.15) is 5.75 Å². The molecule has 2 rings (SSSR count). The average molecular weight is 378 g/mol. The molecular weight excluding hydrogens is 349 g/mol. The summed E-state index contributed by atoms with van der Waals surface area (Å²) in [4.78, 5) is 14.3. The molecule has 1 fully saturated rings. The first-order valence-electron chi connectivity index (χ1n) is 7.96. The van der Waals surface area contributed by atoms with Crippen molar-refractivity contribution in [1.82, 2.24) is 10.6 Å². The first kappa shape index (κ1) is 22.8. The zero-order chi connectivity index (χ0) is 15.9. The molecule has 2 unspecified atom stereocenters. The summed E-state index contributed by atoms with van der Waals surface area (Å²) in [6.07, 6.45) is 1.10. The Labute approximate surface area is 157 Å². The molecule has 1 saturated heterocycles. The highest BCUT2D eigenvalue weighted by Gasteiger charge is 2.25. The van der Waals surface area contributed by atoms with Crippen molar-refractivity contribution >= 4 is 36.4 Å². The van der Waals surface area contributed by atoms with Gasteiger partial charge in [-0.15, -0.1) is 24.8 Å². The van der Waals surface area contributed by atoms with Gasteiger partial charge in [0.15, 0.2) is 0 Å². The number of benzene rings is 1. The number of halogens is 2. The van der Waals surface area contributed by atoms with Crippen molar-refractivity contribution in [2.24, 2.45) is 11.8 Å². The van der Waals surface area contributed by atoms with E-state index in [2.05, 4.69) is 21.6 Å². The summed E-state index contributed by atoms with van der Waals surface area (Å²) in [5.74, 6) is 1.55. The predicted molar refractivity (Wildman–Crippen MR) is 104 cm³/mol. The van der Waals surface area contributed by atoms with E-state index >= 15 is 0 Å². The van der Waals surface area contributed by atoms with Crippen molar-refractivity contribution in [2.45, 2.75) is 13.3 Å². The van der Waals surface area contributed by atoms with Gasteiger partial charge in [-0.1, -0.05) is 19.1 Å². The van der Waals surface area contributed by atoms with Crippen LogP contribution in [0.2, 0.25) is 0 Å². The number of ether oxygens (including phenoxy) is 1. The molecule has 0 spiro atoms. The summed E-state index contributed by atoms with van der Waals surface area (Å²) >= 11 is 0. The van der Waals surface area contributed by atoms with E-state index in [4.69, 9.17) is 4.74 Å². The molecule has 5 nitrogen and oxygen atoms in total. The summed E-state index contributed by atoms with van der Waals surface area (Å²) in [6.45, 7) is 5.37. The fourth-order valence-corrected chi connectivity index (χ4v) is 2.93. The Morgan fingerprint density at radius 1 is 1.38 bits per heavy atom. The number of carbonyl (C=O) groups is 1. The van der Waals surface area contributed by atoms with Gasteiger partial charge in [-0.2, -0.15) is 0 Å². The molecule has 2 N–H and O–H groups in total. The number of hydrogen-bond donors (Lipinski definition) is 2. The number of nitrogens with one attached hydrogen (secondary N) is 2. The first-order chi connectivity index (χ1) is 10.7. The minimum absolute atomic E-state index is 0. The molecule has 1 aliphatic rings. The Morgan fingerprint density at radius 3 is 2.75 bits per heavy atom. The average Bonchev–Trinajstić information content (AvgIpc) is 3.01. The highest BCUT2D eigenvalue weighted by atomic mass is 35.5. The van der Waals surface area contributed by atoms with Crippen LogP contribution in [0.15, 0.2) is 24.3 Å². The number of methoxy groups -OCH3 is 1. The topological polar surface area (TPSA) is 53.6 Å². The highest BCUT2D eigenvalue weighted by Crippen LogP contribution is 2.31. The van der Waals surface area contributed by atoms with Crippen LogP contribution < -0.4 is 20.3 Å². The minimum Gasteiger partial charge on any atom is -0.495 e. The Kier molecular flexibility index (Phi) is 10.8. The van der Waals surface area contributed by atoms with Gasteiger partial charge >= 0.3 is 0 Å². The van der Waals surface area contributed by atoms with Gasteiger partial charge < -0.3 is 20.3 Å². The number of para-hydroxylation sites is 2. The quantitative estimate of drug-likeness (QED) is 0.765. The van der Waals surface area contributed by atoms with E-state index in [0.717, 1.165) is 37.5 Å². The van der Waals surface area contributed by atoms with Crippen LogP contribution in [-0.4, -0.2) is 46.2 Å². The summed E-state index contributed by atoms with van der Waals surface area (Å²) in [5.41, 5.74) is 1.14. The molecule has 1 aromatic carbocycles. The SMILES string of the molecule is CNCC(C)C(=O)NCC1CCN(c2ccccc2OC)C1.Cl.Cl. The molecule has 1 amide bonds. The van der Waals surface area contributed by atoms with E-state index in [1.165, 1.54) is 0 Å². The van der Waals surface area contributed by atoms with Crippen LogP contribution in [0.1, 0.15) is 13.3 Å². The zero-order valence-electron chi connectivity index (χ0n) is 14.6. The van der Waals surface area contributed by atoms with Gasteiger partial charge in [0, 0.05) is 32.1 Å². The largest absolute Gasteiger partial charge is 0.495 e. The van der Waals surface area contributed by atoms with Gasteiger partial charge in [-0.05, 0) is 31.5 Å². The molecule has 0 aliphatic carbocycles. The Hall–Kier alpha value is -1.17. The lowest BCUT2D eigenvalue weighted by Gasteiger charge is -2.21. The molecule has 24 heavy (non-hydrogen) atoms. The molecule has 138 valence electrons. The molecule has 2 atom stereocenters. The molecule has 1 aromatic rings. The van der Waals surface area contributed by atoms with E-state index in [1.54, 1.807) is 7.11 Å². The summed E-state index contributed by atoms with van der Waals surface area (Å²) in [6, 6.07) is 8.10. The van der Waals surface area contributed by atoms with Gasteiger partial charge in [0.2, 0.25) is 5.91 Å². The smallest absolute Gasteiger partial charge is 0.224 e. The molecule has 0 radical (unpaired) electrons. The molecule has 0 bridgehead atoms. The lowest BCUT2D eigenvalue weighted by atomic mass is 10.1. The third-order valence-corrected chi connectivity index (χ3v) is 4.23. The zero-order valence-corrected chi connectivity index (χ0v) is 16.2. The van der Waals surface area contributed by atoms with Crippen molar-refractivity contribution in [3.8, 4) is 5.75 Å². The third kappa shape index (κ3) is 6.04.